The molecule has 30 heavy (non-hydrogen) atoms. The zero-order valence-corrected chi connectivity index (χ0v) is 17.2. The highest BCUT2D eigenvalue weighted by Crippen LogP contribution is 2.32. The van der Waals surface area contributed by atoms with Gasteiger partial charge < -0.3 is 15.1 Å². The van der Waals surface area contributed by atoms with Crippen LogP contribution in [0.5, 0.6) is 0 Å². The second-order valence-corrected chi connectivity index (χ2v) is 7.99. The molecule has 1 aromatic carbocycles. The van der Waals surface area contributed by atoms with Gasteiger partial charge in [-0.3, -0.25) is 9.59 Å². The molecule has 1 aromatic heterocycles. The first-order chi connectivity index (χ1) is 14.5. The summed E-state index contributed by atoms with van der Waals surface area (Å²) in [5.74, 6) is 0.797. The number of anilines is 3. The number of benzene rings is 1. The second-order valence-electron chi connectivity index (χ2n) is 7.58. The Morgan fingerprint density at radius 3 is 2.60 bits per heavy atom. The van der Waals surface area contributed by atoms with Gasteiger partial charge in [0, 0.05) is 43.9 Å². The van der Waals surface area contributed by atoms with E-state index in [0.29, 0.717) is 34.9 Å². The number of nitriles is 1. The molecule has 7 nitrogen and oxygen atoms in total. The highest BCUT2D eigenvalue weighted by atomic mass is 35.5. The van der Waals surface area contributed by atoms with Crippen LogP contribution in [0.1, 0.15) is 31.2 Å². The summed E-state index contributed by atoms with van der Waals surface area (Å²) in [5.41, 5.74) is 1.86. The number of hydrogen-bond acceptors (Lipinski definition) is 5. The molecule has 1 N–H and O–H groups in total. The van der Waals surface area contributed by atoms with Crippen LogP contribution in [0.25, 0.3) is 0 Å². The molecule has 0 saturated carbocycles. The number of halogens is 1. The second kappa shape index (κ2) is 8.72. The molecule has 0 bridgehead atoms. The summed E-state index contributed by atoms with van der Waals surface area (Å²) in [6.45, 7) is 2.14. The molecule has 2 saturated heterocycles. The molecule has 154 valence electrons. The molecule has 3 heterocycles. The van der Waals surface area contributed by atoms with E-state index >= 15 is 0 Å². The molecule has 2 fully saturated rings. The fourth-order valence-electron chi connectivity index (χ4n) is 3.96. The number of carbonyl (C=O) groups excluding carboxylic acids is 2. The molecule has 4 rings (SSSR count). The van der Waals surface area contributed by atoms with Crippen molar-refractivity contribution in [2.75, 3.05) is 34.8 Å². The first-order valence-electron chi connectivity index (χ1n) is 10.1. The van der Waals surface area contributed by atoms with Crippen LogP contribution in [0.3, 0.4) is 0 Å². The van der Waals surface area contributed by atoms with E-state index in [1.807, 2.05) is 6.07 Å². The number of amides is 2. The fourth-order valence-corrected chi connectivity index (χ4v) is 4.24. The molecule has 0 unspecified atom stereocenters. The van der Waals surface area contributed by atoms with Crippen molar-refractivity contribution >= 4 is 40.6 Å². The van der Waals surface area contributed by atoms with Gasteiger partial charge in [0.05, 0.1) is 16.3 Å². The Balaban J connectivity index is 1.34. The SMILES string of the molecule is N#Cc1ccc(N2CCC(C(=O)Nc3ccc(N4CCCC4=O)c(Cl)c3)CC2)nc1. The van der Waals surface area contributed by atoms with Crippen LogP contribution in [-0.2, 0) is 9.59 Å². The molecule has 0 radical (unpaired) electrons. The number of nitrogens with zero attached hydrogens (tertiary/aromatic N) is 4. The van der Waals surface area contributed by atoms with E-state index in [1.54, 1.807) is 35.4 Å². The molecule has 0 spiro atoms. The quantitative estimate of drug-likeness (QED) is 0.811. The van der Waals surface area contributed by atoms with Gasteiger partial charge in [0.2, 0.25) is 11.8 Å². The van der Waals surface area contributed by atoms with Crippen molar-refractivity contribution in [2.24, 2.45) is 5.92 Å². The standard InChI is InChI=1S/C22H22ClN5O2/c23-18-12-17(4-5-19(18)28-9-1-2-21(28)29)26-22(30)16-7-10-27(11-8-16)20-6-3-15(13-24)14-25-20/h3-6,12,14,16H,1-2,7-11H2,(H,26,30). The number of rotatable bonds is 4. The maximum atomic E-state index is 12.7. The fraction of sp³-hybridized carbons (Fsp3) is 0.364. The van der Waals surface area contributed by atoms with Crippen molar-refractivity contribution in [1.82, 2.24) is 4.98 Å². The summed E-state index contributed by atoms with van der Waals surface area (Å²) in [7, 11) is 0. The Hall–Kier alpha value is -3.11. The molecule has 2 aromatic rings. The van der Waals surface area contributed by atoms with Crippen molar-refractivity contribution in [3.8, 4) is 6.07 Å². The van der Waals surface area contributed by atoms with Crippen molar-refractivity contribution in [3.63, 3.8) is 0 Å². The van der Waals surface area contributed by atoms with E-state index in [9.17, 15) is 9.59 Å². The average Bonchev–Trinajstić information content (AvgIpc) is 3.19. The number of aromatic nitrogens is 1. The van der Waals surface area contributed by atoms with E-state index in [0.717, 1.165) is 38.2 Å². The molecule has 0 aliphatic carbocycles. The zero-order chi connectivity index (χ0) is 21.1. The third-order valence-corrected chi connectivity index (χ3v) is 5.95. The number of piperidine rings is 1. The third kappa shape index (κ3) is 4.24. The number of pyridine rings is 1. The Kier molecular flexibility index (Phi) is 5.86. The van der Waals surface area contributed by atoms with Crippen LogP contribution < -0.4 is 15.1 Å². The third-order valence-electron chi connectivity index (χ3n) is 5.65. The van der Waals surface area contributed by atoms with Crippen molar-refractivity contribution in [1.29, 1.82) is 5.26 Å². The highest BCUT2D eigenvalue weighted by Gasteiger charge is 2.27. The Morgan fingerprint density at radius 1 is 1.20 bits per heavy atom. The Labute approximate surface area is 180 Å². The Bertz CT molecular complexity index is 994. The van der Waals surface area contributed by atoms with Gasteiger partial charge >= 0.3 is 0 Å². The van der Waals surface area contributed by atoms with Gasteiger partial charge in [0.1, 0.15) is 11.9 Å². The van der Waals surface area contributed by atoms with Crippen molar-refractivity contribution in [3.05, 3.63) is 47.1 Å². The largest absolute Gasteiger partial charge is 0.357 e. The lowest BCUT2D eigenvalue weighted by molar-refractivity contribution is -0.120. The first kappa shape index (κ1) is 20.2. The minimum Gasteiger partial charge on any atom is -0.357 e. The van der Waals surface area contributed by atoms with Gasteiger partial charge in [-0.1, -0.05) is 11.6 Å². The minimum absolute atomic E-state index is 0.0245. The van der Waals surface area contributed by atoms with Gasteiger partial charge in [-0.05, 0) is 49.6 Å². The van der Waals surface area contributed by atoms with Crippen LogP contribution >= 0.6 is 11.6 Å². The van der Waals surface area contributed by atoms with Crippen LogP contribution in [0.4, 0.5) is 17.2 Å². The smallest absolute Gasteiger partial charge is 0.227 e. The number of nitrogens with one attached hydrogen (secondary N) is 1. The number of hydrogen-bond donors (Lipinski definition) is 1. The van der Waals surface area contributed by atoms with E-state index in [-0.39, 0.29) is 17.7 Å². The Morgan fingerprint density at radius 2 is 2.00 bits per heavy atom. The topological polar surface area (TPSA) is 89.3 Å². The summed E-state index contributed by atoms with van der Waals surface area (Å²) < 4.78 is 0. The molecule has 2 aliphatic heterocycles. The van der Waals surface area contributed by atoms with Crippen LogP contribution in [0, 0.1) is 17.2 Å². The van der Waals surface area contributed by atoms with Gasteiger partial charge in [0.15, 0.2) is 0 Å². The van der Waals surface area contributed by atoms with E-state index < -0.39 is 0 Å². The van der Waals surface area contributed by atoms with Crippen LogP contribution in [0.2, 0.25) is 5.02 Å². The monoisotopic (exact) mass is 423 g/mol. The normalized spacial score (nSPS) is 17.1. The first-order valence-corrected chi connectivity index (χ1v) is 10.4. The predicted molar refractivity (Wildman–Crippen MR) is 116 cm³/mol. The van der Waals surface area contributed by atoms with Crippen LogP contribution in [0.15, 0.2) is 36.5 Å². The molecular formula is C22H22ClN5O2. The molecule has 2 amide bonds. The lowest BCUT2D eigenvalue weighted by atomic mass is 9.95. The molecule has 8 heteroatoms. The highest BCUT2D eigenvalue weighted by molar-refractivity contribution is 6.34. The summed E-state index contributed by atoms with van der Waals surface area (Å²) in [5, 5.41) is 12.3. The lowest BCUT2D eigenvalue weighted by Gasteiger charge is -2.32. The van der Waals surface area contributed by atoms with Gasteiger partial charge in [-0.15, -0.1) is 0 Å². The van der Waals surface area contributed by atoms with Gasteiger partial charge in [0.25, 0.3) is 0 Å². The summed E-state index contributed by atoms with van der Waals surface area (Å²) in [6.07, 6.45) is 4.40. The summed E-state index contributed by atoms with van der Waals surface area (Å²) in [6, 6.07) is 10.9. The van der Waals surface area contributed by atoms with E-state index in [4.69, 9.17) is 16.9 Å². The van der Waals surface area contributed by atoms with Crippen molar-refractivity contribution < 1.29 is 9.59 Å². The molecule has 2 aliphatic rings. The van der Waals surface area contributed by atoms with Crippen LogP contribution in [-0.4, -0.2) is 36.4 Å². The van der Waals surface area contributed by atoms with E-state index in [2.05, 4.69) is 21.3 Å². The molecular weight excluding hydrogens is 402 g/mol. The van der Waals surface area contributed by atoms with Crippen molar-refractivity contribution in [2.45, 2.75) is 25.7 Å². The zero-order valence-electron chi connectivity index (χ0n) is 16.5. The maximum absolute atomic E-state index is 12.7. The predicted octanol–water partition coefficient (Wildman–Crippen LogP) is 3.59. The minimum atomic E-state index is -0.0850. The average molecular weight is 424 g/mol. The maximum Gasteiger partial charge on any atom is 0.227 e. The summed E-state index contributed by atoms with van der Waals surface area (Å²) >= 11 is 6.37. The number of carbonyl (C=O) groups is 2. The molecule has 0 atom stereocenters. The van der Waals surface area contributed by atoms with E-state index in [1.165, 1.54) is 0 Å². The lowest BCUT2D eigenvalue weighted by Crippen LogP contribution is -2.38. The summed E-state index contributed by atoms with van der Waals surface area (Å²) in [4.78, 5) is 32.8. The van der Waals surface area contributed by atoms with Gasteiger partial charge in [-0.25, -0.2) is 4.98 Å². The van der Waals surface area contributed by atoms with Gasteiger partial charge in [-0.2, -0.15) is 5.26 Å².